The highest BCUT2D eigenvalue weighted by Crippen LogP contribution is 2.38. The van der Waals surface area contributed by atoms with Crippen molar-refractivity contribution in [1.82, 2.24) is 5.32 Å². The molecule has 5 aromatic carbocycles. The van der Waals surface area contributed by atoms with Gasteiger partial charge < -0.3 is 25.4 Å². The number of hydrogen-bond donors (Lipinski definition) is 3. The molecule has 9 heteroatoms. The van der Waals surface area contributed by atoms with Gasteiger partial charge in [-0.15, -0.1) is 11.8 Å². The van der Waals surface area contributed by atoms with Gasteiger partial charge >= 0.3 is 0 Å². The number of amides is 3. The van der Waals surface area contributed by atoms with Crippen LogP contribution in [0.5, 0.6) is 11.5 Å². The normalized spacial score (nSPS) is 11.6. The number of nitrogens with one attached hydrogen (secondary N) is 3. The molecule has 5 rings (SSSR count). The molecule has 0 heterocycles. The monoisotopic (exact) mass is 657 g/mol. The molecule has 0 saturated heterocycles. The van der Waals surface area contributed by atoms with Gasteiger partial charge in [0.05, 0.1) is 19.9 Å². The van der Waals surface area contributed by atoms with Crippen LogP contribution in [0.3, 0.4) is 0 Å². The van der Waals surface area contributed by atoms with Crippen molar-refractivity contribution in [2.24, 2.45) is 0 Å². The topological polar surface area (TPSA) is 106 Å². The molecule has 242 valence electrons. The zero-order valence-corrected chi connectivity index (χ0v) is 27.5. The van der Waals surface area contributed by atoms with E-state index in [1.54, 1.807) is 73.8 Å². The number of thioether (sulfide) groups is 1. The molecule has 0 aliphatic rings. The minimum absolute atomic E-state index is 0.0840. The Morgan fingerprint density at radius 1 is 0.729 bits per heavy atom. The van der Waals surface area contributed by atoms with Gasteiger partial charge in [0.15, 0.2) is 0 Å². The maximum atomic E-state index is 13.8. The second kappa shape index (κ2) is 16.2. The first-order chi connectivity index (χ1) is 23.3. The van der Waals surface area contributed by atoms with Crippen molar-refractivity contribution in [3.05, 3.63) is 155 Å². The molecule has 5 aromatic rings. The molecule has 0 aliphatic carbocycles. The van der Waals surface area contributed by atoms with Crippen LogP contribution in [-0.4, -0.2) is 31.9 Å². The molecule has 0 aliphatic heterocycles. The Balaban J connectivity index is 1.38. The summed E-state index contributed by atoms with van der Waals surface area (Å²) in [5.41, 5.74) is 4.15. The Kier molecular flexibility index (Phi) is 11.3. The van der Waals surface area contributed by atoms with Crippen molar-refractivity contribution in [3.63, 3.8) is 0 Å². The molecule has 0 bridgehead atoms. The van der Waals surface area contributed by atoms with Crippen molar-refractivity contribution >= 4 is 46.9 Å². The van der Waals surface area contributed by atoms with E-state index in [-0.39, 0.29) is 11.6 Å². The predicted octanol–water partition coefficient (Wildman–Crippen LogP) is 7.89. The first-order valence-electron chi connectivity index (χ1n) is 15.1. The molecule has 1 atom stereocenters. The summed E-state index contributed by atoms with van der Waals surface area (Å²) in [6, 6.07) is 38.2. The van der Waals surface area contributed by atoms with Crippen molar-refractivity contribution in [2.75, 3.05) is 24.9 Å². The summed E-state index contributed by atoms with van der Waals surface area (Å²) in [4.78, 5) is 41.2. The van der Waals surface area contributed by atoms with Crippen LogP contribution >= 0.6 is 11.8 Å². The summed E-state index contributed by atoms with van der Waals surface area (Å²) < 4.78 is 10.8. The Morgan fingerprint density at radius 3 is 2.12 bits per heavy atom. The lowest BCUT2D eigenvalue weighted by Gasteiger charge is -2.19. The SMILES string of the molecule is COc1ccc(NC(=O)C(Sc2cccc(NC(=O)/C(=C/c3ccc(C)cc3)NC(=O)c3ccccc3)c2)c2ccccc2)c(OC)c1. The highest BCUT2D eigenvalue weighted by atomic mass is 32.2. The minimum Gasteiger partial charge on any atom is -0.497 e. The van der Waals surface area contributed by atoms with Gasteiger partial charge in [0.2, 0.25) is 5.91 Å². The quantitative estimate of drug-likeness (QED) is 0.0931. The van der Waals surface area contributed by atoms with Crippen LogP contribution in [0.1, 0.15) is 32.3 Å². The van der Waals surface area contributed by atoms with Gasteiger partial charge in [0.25, 0.3) is 11.8 Å². The maximum absolute atomic E-state index is 13.8. The molecular weight excluding hydrogens is 623 g/mol. The molecule has 0 saturated carbocycles. The van der Waals surface area contributed by atoms with E-state index in [1.165, 1.54) is 18.9 Å². The molecule has 1 unspecified atom stereocenters. The summed E-state index contributed by atoms with van der Waals surface area (Å²) in [5, 5.41) is 8.05. The summed E-state index contributed by atoms with van der Waals surface area (Å²) in [6.07, 6.45) is 1.64. The van der Waals surface area contributed by atoms with Gasteiger partial charge in [-0.1, -0.05) is 84.4 Å². The average Bonchev–Trinajstić information content (AvgIpc) is 3.12. The van der Waals surface area contributed by atoms with Gasteiger partial charge in [0.1, 0.15) is 22.4 Å². The number of methoxy groups -OCH3 is 2. The van der Waals surface area contributed by atoms with Crippen LogP contribution in [-0.2, 0) is 9.59 Å². The molecule has 48 heavy (non-hydrogen) atoms. The Bertz CT molecular complexity index is 1910. The maximum Gasteiger partial charge on any atom is 0.272 e. The van der Waals surface area contributed by atoms with Crippen molar-refractivity contribution in [3.8, 4) is 11.5 Å². The van der Waals surface area contributed by atoms with Crippen LogP contribution in [0.25, 0.3) is 6.08 Å². The molecule has 0 fully saturated rings. The van der Waals surface area contributed by atoms with Crippen LogP contribution < -0.4 is 25.4 Å². The van der Waals surface area contributed by atoms with E-state index in [2.05, 4.69) is 16.0 Å². The van der Waals surface area contributed by atoms with E-state index in [0.717, 1.165) is 21.6 Å². The number of benzene rings is 5. The zero-order valence-electron chi connectivity index (χ0n) is 26.7. The number of ether oxygens (including phenoxy) is 2. The first-order valence-corrected chi connectivity index (χ1v) is 16.0. The average molecular weight is 658 g/mol. The zero-order chi connectivity index (χ0) is 33.9. The van der Waals surface area contributed by atoms with E-state index < -0.39 is 17.1 Å². The molecule has 8 nitrogen and oxygen atoms in total. The number of carbonyl (C=O) groups is 3. The largest absolute Gasteiger partial charge is 0.497 e. The van der Waals surface area contributed by atoms with E-state index in [1.807, 2.05) is 73.7 Å². The molecule has 0 aromatic heterocycles. The van der Waals surface area contributed by atoms with Crippen LogP contribution in [0.4, 0.5) is 11.4 Å². The lowest BCUT2D eigenvalue weighted by Crippen LogP contribution is -2.30. The second-order valence-electron chi connectivity index (χ2n) is 10.7. The van der Waals surface area contributed by atoms with Crippen LogP contribution in [0, 0.1) is 6.92 Å². The first kappa shape index (κ1) is 33.6. The molecule has 0 radical (unpaired) electrons. The third kappa shape index (κ3) is 8.92. The number of anilines is 2. The Morgan fingerprint density at radius 2 is 1.44 bits per heavy atom. The number of aryl methyl sites for hydroxylation is 1. The lowest BCUT2D eigenvalue weighted by molar-refractivity contribution is -0.116. The smallest absolute Gasteiger partial charge is 0.272 e. The molecule has 3 N–H and O–H groups in total. The van der Waals surface area contributed by atoms with Gasteiger partial charge in [0, 0.05) is 22.2 Å². The van der Waals surface area contributed by atoms with Crippen LogP contribution in [0.15, 0.2) is 138 Å². The van der Waals surface area contributed by atoms with Crippen molar-refractivity contribution in [2.45, 2.75) is 17.1 Å². The third-order valence-electron chi connectivity index (χ3n) is 7.27. The van der Waals surface area contributed by atoms with E-state index >= 15 is 0 Å². The standard InChI is InChI=1S/C39H35N3O5S/c1-26-17-19-27(20-18-26)23-34(42-37(43)29-13-8-5-9-14-29)38(44)40-30-15-10-16-32(24-30)48-36(28-11-6-4-7-12-28)39(45)41-33-22-21-31(46-2)25-35(33)47-3/h4-25,36H,1-3H3,(H,40,44)(H,41,45)(H,42,43)/b34-23-. The summed E-state index contributed by atoms with van der Waals surface area (Å²) in [7, 11) is 3.09. The van der Waals surface area contributed by atoms with Crippen molar-refractivity contribution in [1.29, 1.82) is 0 Å². The third-order valence-corrected chi connectivity index (χ3v) is 8.52. The van der Waals surface area contributed by atoms with E-state index in [4.69, 9.17) is 9.47 Å². The summed E-state index contributed by atoms with van der Waals surface area (Å²) >= 11 is 1.34. The van der Waals surface area contributed by atoms with Gasteiger partial charge in [-0.05, 0) is 66.6 Å². The van der Waals surface area contributed by atoms with Crippen molar-refractivity contribution < 1.29 is 23.9 Å². The molecular formula is C39H35N3O5S. The minimum atomic E-state index is -0.633. The van der Waals surface area contributed by atoms with E-state index in [0.29, 0.717) is 28.4 Å². The fraction of sp³-hybridized carbons (Fsp3) is 0.103. The Labute approximate surface area is 284 Å². The highest BCUT2D eigenvalue weighted by Gasteiger charge is 2.24. The number of hydrogen-bond acceptors (Lipinski definition) is 6. The lowest BCUT2D eigenvalue weighted by atomic mass is 10.1. The molecule has 3 amide bonds. The number of rotatable bonds is 12. The highest BCUT2D eigenvalue weighted by molar-refractivity contribution is 8.00. The van der Waals surface area contributed by atoms with Crippen LogP contribution in [0.2, 0.25) is 0 Å². The van der Waals surface area contributed by atoms with Gasteiger partial charge in [-0.2, -0.15) is 0 Å². The van der Waals surface area contributed by atoms with E-state index in [9.17, 15) is 14.4 Å². The fourth-order valence-electron chi connectivity index (χ4n) is 4.75. The molecule has 0 spiro atoms. The summed E-state index contributed by atoms with van der Waals surface area (Å²) in [6.45, 7) is 1.98. The number of carbonyl (C=O) groups excluding carboxylic acids is 3. The van der Waals surface area contributed by atoms with Gasteiger partial charge in [-0.3, -0.25) is 14.4 Å². The fourth-order valence-corrected chi connectivity index (χ4v) is 5.84. The second-order valence-corrected chi connectivity index (χ2v) is 11.9. The Hall–Kier alpha value is -5.80. The predicted molar refractivity (Wildman–Crippen MR) is 191 cm³/mol. The summed E-state index contributed by atoms with van der Waals surface area (Å²) in [5.74, 6) is -0.0760. The van der Waals surface area contributed by atoms with Gasteiger partial charge in [-0.25, -0.2) is 0 Å².